The molecule has 17 heavy (non-hydrogen) atoms. The smallest absolute Gasteiger partial charge is 0.157 e. The molecule has 1 aliphatic heterocycles. The van der Waals surface area contributed by atoms with E-state index in [1.54, 1.807) is 6.26 Å². The first-order valence-corrected chi connectivity index (χ1v) is 9.17. The van der Waals surface area contributed by atoms with Gasteiger partial charge in [-0.15, -0.1) is 0 Å². The predicted octanol–water partition coefficient (Wildman–Crippen LogP) is 2.15. The molecule has 0 amide bonds. The van der Waals surface area contributed by atoms with Crippen LogP contribution in [0.4, 0.5) is 0 Å². The molecule has 2 fully saturated rings. The number of nitrogens with one attached hydrogen (secondary N) is 1. The van der Waals surface area contributed by atoms with Gasteiger partial charge in [0.2, 0.25) is 0 Å². The first-order chi connectivity index (χ1) is 8.20. The third-order valence-electron chi connectivity index (χ3n) is 3.51. The summed E-state index contributed by atoms with van der Waals surface area (Å²) in [7, 11) is -0.676. The number of nitrogens with zero attached hydrogens (tertiary/aromatic N) is 1. The van der Waals surface area contributed by atoms with Gasteiger partial charge in [-0.05, 0) is 19.3 Å². The molecular formula is C12H22N2OS2. The van der Waals surface area contributed by atoms with Crippen molar-refractivity contribution in [3.63, 3.8) is 0 Å². The van der Waals surface area contributed by atoms with Crippen molar-refractivity contribution in [2.45, 2.75) is 44.1 Å². The molecule has 1 unspecified atom stereocenters. The molecule has 0 aromatic heterocycles. The van der Waals surface area contributed by atoms with Crippen LogP contribution in [0, 0.1) is 0 Å². The van der Waals surface area contributed by atoms with Crippen LogP contribution < -0.4 is 5.32 Å². The summed E-state index contributed by atoms with van der Waals surface area (Å²) < 4.78 is 10.9. The Bertz CT molecular complexity index is 312. The number of aliphatic imine (C=N–C) groups is 1. The summed E-state index contributed by atoms with van der Waals surface area (Å²) in [5.41, 5.74) is 0.356. The molecule has 5 heteroatoms. The van der Waals surface area contributed by atoms with Gasteiger partial charge in [0.25, 0.3) is 0 Å². The second kappa shape index (κ2) is 6.23. The van der Waals surface area contributed by atoms with Gasteiger partial charge >= 0.3 is 0 Å². The maximum absolute atomic E-state index is 10.9. The first-order valence-electron chi connectivity index (χ1n) is 6.46. The van der Waals surface area contributed by atoms with E-state index in [2.05, 4.69) is 10.3 Å². The third-order valence-corrected chi connectivity index (χ3v) is 5.58. The normalized spacial score (nSPS) is 27.2. The van der Waals surface area contributed by atoms with E-state index in [4.69, 9.17) is 0 Å². The van der Waals surface area contributed by atoms with Crippen LogP contribution in [-0.4, -0.2) is 39.2 Å². The first kappa shape index (κ1) is 13.4. The lowest BCUT2D eigenvalue weighted by molar-refractivity contribution is 0.303. The number of amidine groups is 1. The van der Waals surface area contributed by atoms with Gasteiger partial charge in [0, 0.05) is 40.6 Å². The minimum absolute atomic E-state index is 0.356. The Hall–Kier alpha value is -0.0300. The number of hydrogen-bond acceptors (Lipinski definition) is 3. The van der Waals surface area contributed by atoms with E-state index in [0.29, 0.717) is 5.54 Å². The summed E-state index contributed by atoms with van der Waals surface area (Å²) in [5, 5.41) is 4.75. The molecule has 98 valence electrons. The van der Waals surface area contributed by atoms with Crippen molar-refractivity contribution in [3.8, 4) is 0 Å². The highest BCUT2D eigenvalue weighted by atomic mass is 32.2. The fourth-order valence-corrected chi connectivity index (χ4v) is 4.32. The van der Waals surface area contributed by atoms with Crippen molar-refractivity contribution >= 4 is 27.7 Å². The van der Waals surface area contributed by atoms with Crippen LogP contribution in [0.1, 0.15) is 38.5 Å². The van der Waals surface area contributed by atoms with Crippen molar-refractivity contribution in [2.24, 2.45) is 4.99 Å². The lowest BCUT2D eigenvalue weighted by Crippen LogP contribution is -2.45. The zero-order valence-corrected chi connectivity index (χ0v) is 12.2. The topological polar surface area (TPSA) is 41.5 Å². The van der Waals surface area contributed by atoms with Crippen LogP contribution >= 0.6 is 11.8 Å². The molecular weight excluding hydrogens is 252 g/mol. The number of hydrogen-bond donors (Lipinski definition) is 1. The molecule has 1 heterocycles. The van der Waals surface area contributed by atoms with Crippen molar-refractivity contribution in [2.75, 3.05) is 24.3 Å². The summed E-state index contributed by atoms with van der Waals surface area (Å²) in [5.74, 6) is 1.96. The number of thioether (sulfide) groups is 1. The Kier molecular flexibility index (Phi) is 4.91. The van der Waals surface area contributed by atoms with Crippen molar-refractivity contribution in [3.05, 3.63) is 0 Å². The van der Waals surface area contributed by atoms with Gasteiger partial charge in [-0.25, -0.2) is 0 Å². The van der Waals surface area contributed by atoms with E-state index in [1.807, 2.05) is 11.8 Å². The Labute approximate surface area is 111 Å². The quantitative estimate of drug-likeness (QED) is 0.799. The van der Waals surface area contributed by atoms with Crippen LogP contribution in [0.5, 0.6) is 0 Å². The van der Waals surface area contributed by atoms with E-state index in [1.165, 1.54) is 37.9 Å². The maximum Gasteiger partial charge on any atom is 0.157 e. The Morgan fingerprint density at radius 3 is 2.88 bits per heavy atom. The van der Waals surface area contributed by atoms with Crippen molar-refractivity contribution in [1.29, 1.82) is 0 Å². The molecule has 0 aromatic carbocycles. The van der Waals surface area contributed by atoms with Crippen LogP contribution in [0.3, 0.4) is 0 Å². The highest BCUT2D eigenvalue weighted by molar-refractivity contribution is 8.14. The molecule has 1 saturated carbocycles. The van der Waals surface area contributed by atoms with Gasteiger partial charge in [0.05, 0.1) is 0 Å². The summed E-state index contributed by atoms with van der Waals surface area (Å²) in [6, 6.07) is 0. The molecule has 0 bridgehead atoms. The van der Waals surface area contributed by atoms with Gasteiger partial charge in [-0.1, -0.05) is 31.0 Å². The fourth-order valence-electron chi connectivity index (χ4n) is 2.54. The zero-order chi connectivity index (χ0) is 12.1. The van der Waals surface area contributed by atoms with E-state index >= 15 is 0 Å². The predicted molar refractivity (Wildman–Crippen MR) is 77.3 cm³/mol. The molecule has 1 spiro atoms. The van der Waals surface area contributed by atoms with Crippen LogP contribution in [0.2, 0.25) is 0 Å². The summed E-state index contributed by atoms with van der Waals surface area (Å²) in [6.45, 7) is 0.811. The van der Waals surface area contributed by atoms with Gasteiger partial charge in [0.15, 0.2) is 5.17 Å². The Balaban J connectivity index is 1.76. The van der Waals surface area contributed by atoms with Gasteiger partial charge < -0.3 is 5.32 Å². The van der Waals surface area contributed by atoms with Gasteiger partial charge in [-0.3, -0.25) is 9.20 Å². The Morgan fingerprint density at radius 1 is 1.41 bits per heavy atom. The molecule has 1 aliphatic carbocycles. The monoisotopic (exact) mass is 274 g/mol. The largest absolute Gasteiger partial charge is 0.359 e. The molecule has 1 saturated heterocycles. The average Bonchev–Trinajstić information content (AvgIpc) is 2.69. The molecule has 3 nitrogen and oxygen atoms in total. The zero-order valence-electron chi connectivity index (χ0n) is 10.5. The summed E-state index contributed by atoms with van der Waals surface area (Å²) in [6.07, 6.45) is 9.40. The molecule has 1 N–H and O–H groups in total. The fraction of sp³-hybridized carbons (Fsp3) is 0.917. The summed E-state index contributed by atoms with van der Waals surface area (Å²) in [4.78, 5) is 4.58. The minimum atomic E-state index is -0.676. The number of rotatable bonds is 4. The third kappa shape index (κ3) is 3.98. The van der Waals surface area contributed by atoms with Crippen LogP contribution in [0.25, 0.3) is 0 Å². The van der Waals surface area contributed by atoms with Crippen molar-refractivity contribution in [1.82, 2.24) is 5.32 Å². The standard InChI is InChI=1S/C12H22N2OS2/c1-17(15)9-5-8-13-11-14-12(10-16-11)6-3-2-4-7-12/h2-10H2,1H3,(H,13,14). The minimum Gasteiger partial charge on any atom is -0.359 e. The molecule has 0 radical (unpaired) electrons. The van der Waals surface area contributed by atoms with Crippen molar-refractivity contribution < 1.29 is 4.21 Å². The maximum atomic E-state index is 10.9. The average molecular weight is 274 g/mol. The second-order valence-electron chi connectivity index (χ2n) is 5.07. The molecule has 2 rings (SSSR count). The van der Waals surface area contributed by atoms with E-state index in [0.717, 1.165) is 23.9 Å². The van der Waals surface area contributed by atoms with Crippen LogP contribution in [0.15, 0.2) is 4.99 Å². The van der Waals surface area contributed by atoms with E-state index < -0.39 is 10.8 Å². The van der Waals surface area contributed by atoms with E-state index in [-0.39, 0.29) is 0 Å². The van der Waals surface area contributed by atoms with Gasteiger partial charge in [-0.2, -0.15) is 0 Å². The van der Waals surface area contributed by atoms with Gasteiger partial charge in [0.1, 0.15) is 0 Å². The second-order valence-corrected chi connectivity index (χ2v) is 7.59. The summed E-state index contributed by atoms with van der Waals surface area (Å²) >= 11 is 1.87. The molecule has 2 aliphatic rings. The molecule has 0 aromatic rings. The highest BCUT2D eigenvalue weighted by Crippen LogP contribution is 2.36. The lowest BCUT2D eigenvalue weighted by atomic mass is 9.83. The van der Waals surface area contributed by atoms with E-state index in [9.17, 15) is 4.21 Å². The highest BCUT2D eigenvalue weighted by Gasteiger charge is 2.37. The Morgan fingerprint density at radius 2 is 2.18 bits per heavy atom. The van der Waals surface area contributed by atoms with Crippen LogP contribution in [-0.2, 0) is 10.8 Å². The molecule has 1 atom stereocenters. The SMILES string of the molecule is CS(=O)CCCN=C1NC2(CCCCC2)CS1. The lowest BCUT2D eigenvalue weighted by Gasteiger charge is -2.32.